The van der Waals surface area contributed by atoms with Gasteiger partial charge in [0.1, 0.15) is 11.9 Å². The second-order valence-corrected chi connectivity index (χ2v) is 7.51. The molecule has 1 fully saturated rings. The van der Waals surface area contributed by atoms with Gasteiger partial charge in [-0.2, -0.15) is 8.42 Å². The molecule has 2 atom stereocenters. The monoisotopic (exact) mass is 329 g/mol. The van der Waals surface area contributed by atoms with Crippen molar-refractivity contribution in [3.8, 4) is 0 Å². The number of hydrogen-bond donors (Lipinski definition) is 0. The Morgan fingerprint density at radius 3 is 2.62 bits per heavy atom. The van der Waals surface area contributed by atoms with Gasteiger partial charge < -0.3 is 4.74 Å². The molecule has 6 nitrogen and oxygen atoms in total. The zero-order chi connectivity index (χ0) is 15.5. The SMILES string of the molecule is CC1OC(=O)C(=NOS(=O)(=O)Cc2ccccc2)SC1C. The van der Waals surface area contributed by atoms with E-state index < -0.39 is 16.1 Å². The number of nitrogens with zero attached hydrogens (tertiary/aromatic N) is 1. The highest BCUT2D eigenvalue weighted by Gasteiger charge is 2.31. The number of ether oxygens (including phenoxy) is 1. The summed E-state index contributed by atoms with van der Waals surface area (Å²) in [5.41, 5.74) is 0.582. The predicted octanol–water partition coefficient (Wildman–Crippen LogP) is 1.91. The summed E-state index contributed by atoms with van der Waals surface area (Å²) in [4.78, 5) is 11.6. The molecule has 114 valence electrons. The highest BCUT2D eigenvalue weighted by atomic mass is 32.2. The van der Waals surface area contributed by atoms with Crippen molar-refractivity contribution < 1.29 is 22.2 Å². The molecule has 8 heteroatoms. The van der Waals surface area contributed by atoms with E-state index in [1.807, 2.05) is 6.92 Å². The molecule has 1 aliphatic rings. The Bertz CT molecular complexity index is 642. The first kappa shape index (κ1) is 15.8. The maximum Gasteiger partial charge on any atom is 0.367 e. The van der Waals surface area contributed by atoms with Gasteiger partial charge in [-0.25, -0.2) is 4.79 Å². The van der Waals surface area contributed by atoms with E-state index in [2.05, 4.69) is 9.44 Å². The molecule has 1 saturated heterocycles. The van der Waals surface area contributed by atoms with Crippen molar-refractivity contribution in [2.24, 2.45) is 5.16 Å². The van der Waals surface area contributed by atoms with E-state index in [0.29, 0.717) is 5.56 Å². The van der Waals surface area contributed by atoms with E-state index >= 15 is 0 Å². The summed E-state index contributed by atoms with van der Waals surface area (Å²) in [6.45, 7) is 3.62. The molecule has 0 amide bonds. The third-order valence-corrected chi connectivity index (χ3v) is 5.05. The lowest BCUT2D eigenvalue weighted by molar-refractivity contribution is -0.139. The van der Waals surface area contributed by atoms with Gasteiger partial charge in [-0.05, 0) is 19.4 Å². The zero-order valence-corrected chi connectivity index (χ0v) is 13.2. The molecular weight excluding hydrogens is 314 g/mol. The van der Waals surface area contributed by atoms with Crippen molar-refractivity contribution in [1.82, 2.24) is 0 Å². The van der Waals surface area contributed by atoms with Crippen LogP contribution in [0.1, 0.15) is 19.4 Å². The van der Waals surface area contributed by atoms with Crippen molar-refractivity contribution in [3.63, 3.8) is 0 Å². The molecule has 2 rings (SSSR count). The van der Waals surface area contributed by atoms with E-state index in [1.165, 1.54) is 0 Å². The van der Waals surface area contributed by atoms with Crippen LogP contribution >= 0.6 is 11.8 Å². The van der Waals surface area contributed by atoms with Crippen LogP contribution in [0.5, 0.6) is 0 Å². The first-order chi connectivity index (χ1) is 9.87. The number of cyclic esters (lactones) is 1. The molecule has 0 N–H and O–H groups in total. The molecule has 0 saturated carbocycles. The fourth-order valence-corrected chi connectivity index (χ4v) is 3.30. The van der Waals surface area contributed by atoms with Gasteiger partial charge in [0.2, 0.25) is 5.04 Å². The third-order valence-electron chi connectivity index (χ3n) is 2.85. The van der Waals surface area contributed by atoms with Gasteiger partial charge in [0, 0.05) is 5.25 Å². The van der Waals surface area contributed by atoms with Crippen LogP contribution in [0.15, 0.2) is 35.5 Å². The van der Waals surface area contributed by atoms with E-state index in [0.717, 1.165) is 11.8 Å². The quantitative estimate of drug-likeness (QED) is 0.620. The Kier molecular flexibility index (Phi) is 4.89. The van der Waals surface area contributed by atoms with Gasteiger partial charge in [-0.15, -0.1) is 0 Å². The zero-order valence-electron chi connectivity index (χ0n) is 11.6. The van der Waals surface area contributed by atoms with Crippen LogP contribution in [-0.2, 0) is 29.7 Å². The summed E-state index contributed by atoms with van der Waals surface area (Å²) in [7, 11) is -3.90. The molecule has 0 radical (unpaired) electrons. The molecule has 2 unspecified atom stereocenters. The number of carbonyl (C=O) groups is 1. The maximum absolute atomic E-state index is 11.8. The van der Waals surface area contributed by atoms with Crippen molar-refractivity contribution in [1.29, 1.82) is 0 Å². The average Bonchev–Trinajstić information content (AvgIpc) is 2.42. The van der Waals surface area contributed by atoms with Gasteiger partial charge in [0.05, 0.1) is 0 Å². The Morgan fingerprint density at radius 1 is 1.29 bits per heavy atom. The largest absolute Gasteiger partial charge is 0.456 e. The number of hydrogen-bond acceptors (Lipinski definition) is 7. The Morgan fingerprint density at radius 2 is 1.95 bits per heavy atom. The highest BCUT2D eigenvalue weighted by Crippen LogP contribution is 2.25. The summed E-state index contributed by atoms with van der Waals surface area (Å²) in [6, 6.07) is 8.58. The highest BCUT2D eigenvalue weighted by molar-refractivity contribution is 8.16. The molecule has 0 bridgehead atoms. The molecule has 0 aromatic heterocycles. The van der Waals surface area contributed by atoms with Crippen molar-refractivity contribution >= 4 is 32.9 Å². The van der Waals surface area contributed by atoms with E-state index in [1.54, 1.807) is 37.3 Å². The lowest BCUT2D eigenvalue weighted by Crippen LogP contribution is -2.34. The van der Waals surface area contributed by atoms with Crippen LogP contribution in [0, 0.1) is 0 Å². The van der Waals surface area contributed by atoms with E-state index in [-0.39, 0.29) is 22.2 Å². The molecule has 0 spiro atoms. The maximum atomic E-state index is 11.8. The van der Waals surface area contributed by atoms with Gasteiger partial charge in [-0.3, -0.25) is 4.28 Å². The van der Waals surface area contributed by atoms with Crippen LogP contribution in [-0.4, -0.2) is 30.8 Å². The third kappa shape index (κ3) is 4.47. The minimum atomic E-state index is -3.90. The van der Waals surface area contributed by atoms with E-state index in [4.69, 9.17) is 4.74 Å². The number of thioether (sulfide) groups is 1. The molecule has 0 aliphatic carbocycles. The van der Waals surface area contributed by atoms with Crippen molar-refractivity contribution in [2.75, 3.05) is 0 Å². The lowest BCUT2D eigenvalue weighted by Gasteiger charge is -2.24. The summed E-state index contributed by atoms with van der Waals surface area (Å²) < 4.78 is 33.2. The standard InChI is InChI=1S/C13H15NO5S2/c1-9-10(2)20-12(13(15)18-9)14-19-21(16,17)8-11-6-4-3-5-7-11/h3-7,9-10H,8H2,1-2H3. The predicted molar refractivity (Wildman–Crippen MR) is 80.2 cm³/mol. The smallest absolute Gasteiger partial charge is 0.367 e. The number of oxime groups is 1. The normalized spacial score (nSPS) is 24.7. The second-order valence-electron chi connectivity index (χ2n) is 4.59. The number of benzene rings is 1. The lowest BCUT2D eigenvalue weighted by atomic mass is 10.2. The topological polar surface area (TPSA) is 82.0 Å². The first-order valence-electron chi connectivity index (χ1n) is 6.28. The molecule has 1 aromatic rings. The van der Waals surface area contributed by atoms with Crippen molar-refractivity contribution in [2.45, 2.75) is 31.0 Å². The van der Waals surface area contributed by atoms with Crippen LogP contribution < -0.4 is 0 Å². The minimum absolute atomic E-state index is 0.0122. The minimum Gasteiger partial charge on any atom is -0.456 e. The van der Waals surface area contributed by atoms with Gasteiger partial charge >= 0.3 is 16.1 Å². The average molecular weight is 329 g/mol. The molecule has 1 aliphatic heterocycles. The van der Waals surface area contributed by atoms with Gasteiger partial charge in [0.25, 0.3) is 0 Å². The number of carbonyl (C=O) groups excluding carboxylic acids is 1. The van der Waals surface area contributed by atoms with Crippen LogP contribution in [0.2, 0.25) is 0 Å². The molecule has 21 heavy (non-hydrogen) atoms. The van der Waals surface area contributed by atoms with Crippen LogP contribution in [0.4, 0.5) is 0 Å². The second kappa shape index (κ2) is 6.48. The Balaban J connectivity index is 2.04. The summed E-state index contributed by atoms with van der Waals surface area (Å²) in [5, 5.41) is 3.34. The summed E-state index contributed by atoms with van der Waals surface area (Å²) in [6.07, 6.45) is -0.248. The van der Waals surface area contributed by atoms with Gasteiger partial charge in [-0.1, -0.05) is 47.2 Å². The van der Waals surface area contributed by atoms with Crippen LogP contribution in [0.3, 0.4) is 0 Å². The Labute approximate surface area is 127 Å². The van der Waals surface area contributed by atoms with Crippen LogP contribution in [0.25, 0.3) is 0 Å². The van der Waals surface area contributed by atoms with E-state index in [9.17, 15) is 13.2 Å². The molecular formula is C13H15NO5S2. The molecule has 1 aromatic carbocycles. The summed E-state index contributed by atoms with van der Waals surface area (Å²) >= 11 is 1.14. The first-order valence-corrected chi connectivity index (χ1v) is 8.74. The molecule has 1 heterocycles. The fraction of sp³-hybridized carbons (Fsp3) is 0.385. The van der Waals surface area contributed by atoms with Crippen molar-refractivity contribution in [3.05, 3.63) is 35.9 Å². The van der Waals surface area contributed by atoms with Gasteiger partial charge in [0.15, 0.2) is 0 Å². The summed E-state index contributed by atoms with van der Waals surface area (Å²) in [5.74, 6) is -0.975. The Hall–Kier alpha value is -1.54. The number of rotatable bonds is 4. The number of esters is 1. The fourth-order valence-electron chi connectivity index (χ4n) is 1.59.